The molecule has 0 saturated carbocycles. The van der Waals surface area contributed by atoms with Gasteiger partial charge >= 0.3 is 6.03 Å². The molecule has 0 aromatic heterocycles. The van der Waals surface area contributed by atoms with Gasteiger partial charge in [-0.25, -0.2) is 13.2 Å². The molecule has 0 aliphatic carbocycles. The van der Waals surface area contributed by atoms with Crippen LogP contribution in [0.2, 0.25) is 0 Å². The second kappa shape index (κ2) is 6.13. The van der Waals surface area contributed by atoms with E-state index < -0.39 is 9.84 Å². The van der Waals surface area contributed by atoms with E-state index in [1.807, 2.05) is 0 Å². The summed E-state index contributed by atoms with van der Waals surface area (Å²) in [6.07, 6.45) is 0.474. The van der Waals surface area contributed by atoms with Gasteiger partial charge in [-0.2, -0.15) is 0 Å². The summed E-state index contributed by atoms with van der Waals surface area (Å²) in [5, 5.41) is 12.1. The normalized spacial score (nSPS) is 18.3. The first-order valence-corrected chi connectivity index (χ1v) is 8.29. The number of phenolic OH excluding ortho intramolecular Hbond substituents is 1. The number of carbonyl (C=O) groups is 1. The van der Waals surface area contributed by atoms with Gasteiger partial charge in [0.15, 0.2) is 9.84 Å². The zero-order valence-electron chi connectivity index (χ0n) is 11.1. The number of aromatic hydroxyl groups is 1. The Hall–Kier alpha value is -1.76. The first kappa shape index (κ1) is 14.6. The molecule has 0 radical (unpaired) electrons. The van der Waals surface area contributed by atoms with Crippen LogP contribution in [0.5, 0.6) is 5.75 Å². The highest BCUT2D eigenvalue weighted by Gasteiger charge is 2.22. The number of hydrogen-bond acceptors (Lipinski definition) is 4. The highest BCUT2D eigenvalue weighted by Crippen LogP contribution is 2.11. The zero-order valence-corrected chi connectivity index (χ0v) is 11.9. The van der Waals surface area contributed by atoms with E-state index in [2.05, 4.69) is 5.32 Å². The van der Waals surface area contributed by atoms with E-state index >= 15 is 0 Å². The zero-order chi connectivity index (χ0) is 14.6. The van der Waals surface area contributed by atoms with Gasteiger partial charge in [0.25, 0.3) is 0 Å². The molecule has 0 unspecified atom stereocenters. The second-order valence-corrected chi connectivity index (χ2v) is 7.12. The van der Waals surface area contributed by atoms with Crippen molar-refractivity contribution in [2.45, 2.75) is 13.0 Å². The Morgan fingerprint density at radius 2 is 2.10 bits per heavy atom. The quantitative estimate of drug-likeness (QED) is 0.842. The minimum Gasteiger partial charge on any atom is -0.508 e. The van der Waals surface area contributed by atoms with Crippen LogP contribution in [0.4, 0.5) is 4.79 Å². The minimum absolute atomic E-state index is 0.0204. The van der Waals surface area contributed by atoms with E-state index in [1.54, 1.807) is 24.3 Å². The van der Waals surface area contributed by atoms with Crippen LogP contribution in [0.15, 0.2) is 24.3 Å². The molecule has 1 aliphatic heterocycles. The van der Waals surface area contributed by atoms with E-state index in [1.165, 1.54) is 4.90 Å². The van der Waals surface area contributed by atoms with Crippen LogP contribution < -0.4 is 5.32 Å². The first-order valence-electron chi connectivity index (χ1n) is 6.47. The molecule has 1 aromatic rings. The van der Waals surface area contributed by atoms with Crippen LogP contribution in [-0.4, -0.2) is 49.1 Å². The third-order valence-electron chi connectivity index (χ3n) is 3.20. The number of amides is 2. The molecular formula is C13H18N2O4S. The molecule has 2 rings (SSSR count). The molecule has 2 amide bonds. The highest BCUT2D eigenvalue weighted by atomic mass is 32.2. The summed E-state index contributed by atoms with van der Waals surface area (Å²) >= 11 is 0. The predicted octanol–water partition coefficient (Wildman–Crippen LogP) is 0.722. The number of nitrogens with one attached hydrogen (secondary N) is 1. The molecule has 0 spiro atoms. The van der Waals surface area contributed by atoms with Gasteiger partial charge in [-0.1, -0.05) is 12.1 Å². The van der Waals surface area contributed by atoms with Crippen molar-refractivity contribution in [2.75, 3.05) is 24.6 Å². The van der Waals surface area contributed by atoms with Crippen LogP contribution >= 0.6 is 0 Å². The Labute approximate surface area is 118 Å². The van der Waals surface area contributed by atoms with Crippen LogP contribution in [0.3, 0.4) is 0 Å². The Kier molecular flexibility index (Phi) is 4.49. The van der Waals surface area contributed by atoms with Gasteiger partial charge in [0.2, 0.25) is 0 Å². The van der Waals surface area contributed by atoms with Gasteiger partial charge in [-0.15, -0.1) is 0 Å². The van der Waals surface area contributed by atoms with Crippen LogP contribution in [0, 0.1) is 0 Å². The van der Waals surface area contributed by atoms with Crippen molar-refractivity contribution in [2.24, 2.45) is 0 Å². The van der Waals surface area contributed by atoms with Crippen molar-refractivity contribution in [1.82, 2.24) is 10.2 Å². The predicted molar refractivity (Wildman–Crippen MR) is 75.2 cm³/mol. The van der Waals surface area contributed by atoms with E-state index in [0.717, 1.165) is 5.56 Å². The van der Waals surface area contributed by atoms with Crippen molar-refractivity contribution < 1.29 is 18.3 Å². The fraction of sp³-hybridized carbons (Fsp3) is 0.462. The number of hydrogen-bond donors (Lipinski definition) is 2. The highest BCUT2D eigenvalue weighted by molar-refractivity contribution is 7.91. The monoisotopic (exact) mass is 298 g/mol. The lowest BCUT2D eigenvalue weighted by Crippen LogP contribution is -2.41. The number of benzene rings is 1. The smallest absolute Gasteiger partial charge is 0.317 e. The Morgan fingerprint density at radius 1 is 1.30 bits per heavy atom. The topological polar surface area (TPSA) is 86.7 Å². The molecule has 0 atom stereocenters. The van der Waals surface area contributed by atoms with Gasteiger partial charge in [-0.3, -0.25) is 0 Å². The lowest BCUT2D eigenvalue weighted by Gasteiger charge is -2.20. The minimum atomic E-state index is -3.01. The molecule has 20 heavy (non-hydrogen) atoms. The average Bonchev–Trinajstić information content (AvgIpc) is 2.57. The summed E-state index contributed by atoms with van der Waals surface area (Å²) in [6, 6.07) is 6.37. The van der Waals surface area contributed by atoms with E-state index in [9.17, 15) is 18.3 Å². The summed E-state index contributed by atoms with van der Waals surface area (Å²) < 4.78 is 22.9. The first-order chi connectivity index (χ1) is 9.46. The summed E-state index contributed by atoms with van der Waals surface area (Å²) in [4.78, 5) is 13.5. The van der Waals surface area contributed by atoms with Crippen molar-refractivity contribution >= 4 is 15.9 Å². The maximum absolute atomic E-state index is 12.0. The second-order valence-electron chi connectivity index (χ2n) is 4.82. The lowest BCUT2D eigenvalue weighted by atomic mass is 10.2. The molecule has 1 heterocycles. The van der Waals surface area contributed by atoms with Crippen molar-refractivity contribution in [3.05, 3.63) is 29.8 Å². The number of rotatable bonds is 2. The number of sulfone groups is 1. The number of nitrogens with zero attached hydrogens (tertiary/aromatic N) is 1. The third kappa shape index (κ3) is 4.12. The fourth-order valence-corrected chi connectivity index (χ4v) is 3.37. The van der Waals surface area contributed by atoms with Crippen LogP contribution in [-0.2, 0) is 16.4 Å². The Balaban J connectivity index is 1.89. The lowest BCUT2D eigenvalue weighted by molar-refractivity contribution is 0.201. The molecule has 7 heteroatoms. The summed E-state index contributed by atoms with van der Waals surface area (Å²) in [7, 11) is -3.01. The van der Waals surface area contributed by atoms with Gasteiger partial charge in [0.05, 0.1) is 11.5 Å². The van der Waals surface area contributed by atoms with Crippen molar-refractivity contribution in [1.29, 1.82) is 0 Å². The van der Waals surface area contributed by atoms with Crippen molar-refractivity contribution in [3.63, 3.8) is 0 Å². The van der Waals surface area contributed by atoms with Gasteiger partial charge in [-0.05, 0) is 24.1 Å². The Morgan fingerprint density at radius 3 is 2.85 bits per heavy atom. The maximum atomic E-state index is 12.0. The molecule has 1 saturated heterocycles. The molecule has 1 aromatic carbocycles. The maximum Gasteiger partial charge on any atom is 0.317 e. The molecule has 6 nitrogen and oxygen atoms in total. The van der Waals surface area contributed by atoms with E-state index in [0.29, 0.717) is 19.5 Å². The molecule has 1 fully saturated rings. The van der Waals surface area contributed by atoms with Crippen molar-refractivity contribution in [3.8, 4) is 5.75 Å². The standard InChI is InChI=1S/C13H18N2O4S/c16-12-4-1-3-11(9-12)10-14-13(17)15-5-2-7-20(18,19)8-6-15/h1,3-4,9,16H,2,5-8,10H2,(H,14,17). The summed E-state index contributed by atoms with van der Waals surface area (Å²) in [5.74, 6) is 0.313. The number of carbonyl (C=O) groups excluding carboxylic acids is 1. The number of phenols is 1. The SMILES string of the molecule is O=C(NCc1cccc(O)c1)N1CCCS(=O)(=O)CC1. The fourth-order valence-electron chi connectivity index (χ4n) is 2.10. The largest absolute Gasteiger partial charge is 0.508 e. The van der Waals surface area contributed by atoms with Crippen LogP contribution in [0.25, 0.3) is 0 Å². The van der Waals surface area contributed by atoms with Gasteiger partial charge < -0.3 is 15.3 Å². The van der Waals surface area contributed by atoms with E-state index in [-0.39, 0.29) is 29.8 Å². The molecule has 0 bridgehead atoms. The Bertz CT molecular complexity index is 586. The molecule has 110 valence electrons. The van der Waals surface area contributed by atoms with Gasteiger partial charge in [0, 0.05) is 19.6 Å². The van der Waals surface area contributed by atoms with Gasteiger partial charge in [0.1, 0.15) is 5.75 Å². The molecule has 2 N–H and O–H groups in total. The summed E-state index contributed by atoms with van der Waals surface area (Å²) in [5.41, 5.74) is 0.792. The summed E-state index contributed by atoms with van der Waals surface area (Å²) in [6.45, 7) is 0.982. The van der Waals surface area contributed by atoms with Crippen LogP contribution in [0.1, 0.15) is 12.0 Å². The average molecular weight is 298 g/mol. The third-order valence-corrected chi connectivity index (χ3v) is 4.91. The molecular weight excluding hydrogens is 280 g/mol. The number of urea groups is 1. The van der Waals surface area contributed by atoms with E-state index in [4.69, 9.17) is 0 Å². The molecule has 1 aliphatic rings.